The third-order valence-corrected chi connectivity index (χ3v) is 3.75. The van der Waals surface area contributed by atoms with Crippen molar-refractivity contribution in [2.45, 2.75) is 19.1 Å². The van der Waals surface area contributed by atoms with Gasteiger partial charge < -0.3 is 14.4 Å². The van der Waals surface area contributed by atoms with Crippen LogP contribution in [-0.2, 0) is 16.1 Å². The third kappa shape index (κ3) is 3.75. The van der Waals surface area contributed by atoms with Gasteiger partial charge in [0.1, 0.15) is 5.75 Å². The number of amides is 1. The van der Waals surface area contributed by atoms with Crippen LogP contribution >= 0.6 is 0 Å². The highest BCUT2D eigenvalue weighted by Gasteiger charge is 2.46. The predicted molar refractivity (Wildman–Crippen MR) is 73.9 cm³/mol. The summed E-state index contributed by atoms with van der Waals surface area (Å²) in [7, 11) is 2.62. The first-order valence-corrected chi connectivity index (χ1v) is 6.86. The van der Waals surface area contributed by atoms with E-state index in [0.717, 1.165) is 4.90 Å². The molecule has 8 heteroatoms. The number of hydrogen-bond acceptors (Lipinski definition) is 4. The van der Waals surface area contributed by atoms with Gasteiger partial charge in [0, 0.05) is 25.1 Å². The summed E-state index contributed by atoms with van der Waals surface area (Å²) in [4.78, 5) is 24.4. The molecule has 126 valence electrons. The van der Waals surface area contributed by atoms with Crippen LogP contribution < -0.4 is 4.74 Å². The molecule has 23 heavy (non-hydrogen) atoms. The maximum Gasteiger partial charge on any atom is 0.394 e. The molecule has 1 aromatic rings. The Balaban J connectivity index is 2.17. The number of benzene rings is 1. The molecule has 0 saturated carbocycles. The van der Waals surface area contributed by atoms with E-state index < -0.39 is 30.4 Å². The molecule has 0 bridgehead atoms. The zero-order chi connectivity index (χ0) is 17.2. The fraction of sp³-hybridized carbons (Fsp3) is 0.467. The number of methoxy groups -OCH3 is 2. The Labute approximate surface area is 131 Å². The lowest BCUT2D eigenvalue weighted by molar-refractivity contribution is -0.171. The second-order valence-corrected chi connectivity index (χ2v) is 5.24. The first-order valence-electron chi connectivity index (χ1n) is 6.86. The normalized spacial score (nSPS) is 18.2. The maximum atomic E-state index is 12.7. The minimum Gasteiger partial charge on any atom is -0.496 e. The smallest absolute Gasteiger partial charge is 0.394 e. The van der Waals surface area contributed by atoms with E-state index in [9.17, 15) is 22.8 Å². The molecule has 0 aliphatic carbocycles. The molecule has 1 aliphatic heterocycles. The van der Waals surface area contributed by atoms with Crippen molar-refractivity contribution >= 4 is 11.9 Å². The van der Waals surface area contributed by atoms with Crippen LogP contribution in [-0.4, -0.2) is 43.7 Å². The van der Waals surface area contributed by atoms with Gasteiger partial charge >= 0.3 is 12.1 Å². The SMILES string of the molecule is COC(=O)c1ccc(CN2CC(C(F)(F)F)CC2=O)c(OC)c1. The van der Waals surface area contributed by atoms with Crippen LogP contribution in [0.25, 0.3) is 0 Å². The van der Waals surface area contributed by atoms with Crippen molar-refractivity contribution in [1.29, 1.82) is 0 Å². The average Bonchev–Trinajstić information content (AvgIpc) is 2.88. The van der Waals surface area contributed by atoms with Crippen molar-refractivity contribution in [2.24, 2.45) is 5.92 Å². The first-order chi connectivity index (χ1) is 10.8. The van der Waals surface area contributed by atoms with Gasteiger partial charge in [-0.2, -0.15) is 13.2 Å². The highest BCUT2D eigenvalue weighted by molar-refractivity contribution is 5.90. The lowest BCUT2D eigenvalue weighted by Crippen LogP contribution is -2.28. The van der Waals surface area contributed by atoms with E-state index in [4.69, 9.17) is 4.74 Å². The molecule has 1 unspecified atom stereocenters. The van der Waals surface area contributed by atoms with E-state index in [1.54, 1.807) is 6.07 Å². The number of nitrogens with zero attached hydrogens (tertiary/aromatic N) is 1. The topological polar surface area (TPSA) is 55.8 Å². The van der Waals surface area contributed by atoms with Crippen molar-refractivity contribution in [3.05, 3.63) is 29.3 Å². The van der Waals surface area contributed by atoms with Crippen molar-refractivity contribution in [1.82, 2.24) is 4.90 Å². The van der Waals surface area contributed by atoms with Gasteiger partial charge in [-0.25, -0.2) is 4.79 Å². The van der Waals surface area contributed by atoms with E-state index in [1.165, 1.54) is 26.4 Å². The maximum absolute atomic E-state index is 12.7. The van der Waals surface area contributed by atoms with Crippen LogP contribution in [0.4, 0.5) is 13.2 Å². The number of esters is 1. The minimum atomic E-state index is -4.39. The highest BCUT2D eigenvalue weighted by Crippen LogP contribution is 2.35. The molecule has 1 fully saturated rings. The molecule has 1 saturated heterocycles. The van der Waals surface area contributed by atoms with Crippen molar-refractivity contribution < 1.29 is 32.2 Å². The minimum absolute atomic E-state index is 0.00393. The number of ether oxygens (including phenoxy) is 2. The Kier molecular flexibility index (Phi) is 4.82. The number of carbonyl (C=O) groups is 2. The fourth-order valence-corrected chi connectivity index (χ4v) is 2.47. The summed E-state index contributed by atoms with van der Waals surface area (Å²) in [6, 6.07) is 4.45. The quantitative estimate of drug-likeness (QED) is 0.795. The Morgan fingerprint density at radius 2 is 2.04 bits per heavy atom. The Hall–Kier alpha value is -2.25. The molecule has 1 heterocycles. The van der Waals surface area contributed by atoms with E-state index in [1.807, 2.05) is 0 Å². The van der Waals surface area contributed by atoms with Gasteiger partial charge in [-0.1, -0.05) is 6.07 Å². The highest BCUT2D eigenvalue weighted by atomic mass is 19.4. The van der Waals surface area contributed by atoms with E-state index in [0.29, 0.717) is 11.3 Å². The molecule has 1 aromatic carbocycles. The molecule has 0 radical (unpaired) electrons. The second-order valence-electron chi connectivity index (χ2n) is 5.24. The molecule has 0 N–H and O–H groups in total. The number of alkyl halides is 3. The van der Waals surface area contributed by atoms with Crippen molar-refractivity contribution in [3.63, 3.8) is 0 Å². The van der Waals surface area contributed by atoms with Gasteiger partial charge in [0.15, 0.2) is 0 Å². The number of carbonyl (C=O) groups excluding carboxylic acids is 2. The molecule has 1 amide bonds. The van der Waals surface area contributed by atoms with Crippen LogP contribution in [0.5, 0.6) is 5.75 Å². The summed E-state index contributed by atoms with van der Waals surface area (Å²) in [5.74, 6) is -2.43. The molecular weight excluding hydrogens is 315 g/mol. The summed E-state index contributed by atoms with van der Waals surface area (Å²) < 4.78 is 47.9. The second kappa shape index (κ2) is 6.47. The average molecular weight is 331 g/mol. The van der Waals surface area contributed by atoms with Crippen molar-refractivity contribution in [3.8, 4) is 5.75 Å². The summed E-state index contributed by atoms with van der Waals surface area (Å²) in [5.41, 5.74) is 0.783. The zero-order valence-corrected chi connectivity index (χ0v) is 12.6. The van der Waals surface area contributed by atoms with Crippen LogP contribution in [0.2, 0.25) is 0 Å². The van der Waals surface area contributed by atoms with Crippen LogP contribution in [0, 0.1) is 5.92 Å². The molecule has 5 nitrogen and oxygen atoms in total. The molecule has 2 rings (SSSR count). The zero-order valence-electron chi connectivity index (χ0n) is 12.6. The van der Waals surface area contributed by atoms with E-state index in [2.05, 4.69) is 4.74 Å². The van der Waals surface area contributed by atoms with Gasteiger partial charge in [0.05, 0.1) is 25.7 Å². The molecule has 0 aromatic heterocycles. The number of likely N-dealkylation sites (tertiary alicyclic amines) is 1. The molecule has 1 atom stereocenters. The van der Waals surface area contributed by atoms with E-state index >= 15 is 0 Å². The Morgan fingerprint density at radius 1 is 1.35 bits per heavy atom. The molecule has 1 aliphatic rings. The summed E-state index contributed by atoms with van der Waals surface area (Å²) in [6.07, 6.45) is -4.92. The summed E-state index contributed by atoms with van der Waals surface area (Å²) >= 11 is 0. The predicted octanol–water partition coefficient (Wildman–Crippen LogP) is 2.39. The number of halogens is 3. The Morgan fingerprint density at radius 3 is 2.57 bits per heavy atom. The molecule has 0 spiro atoms. The lowest BCUT2D eigenvalue weighted by Gasteiger charge is -2.19. The number of hydrogen-bond donors (Lipinski definition) is 0. The number of rotatable bonds is 4. The van der Waals surface area contributed by atoms with E-state index in [-0.39, 0.29) is 18.7 Å². The summed E-state index contributed by atoms with van der Waals surface area (Å²) in [6.45, 7) is -0.375. The monoisotopic (exact) mass is 331 g/mol. The van der Waals surface area contributed by atoms with Gasteiger partial charge in [0.2, 0.25) is 5.91 Å². The largest absolute Gasteiger partial charge is 0.496 e. The van der Waals surface area contributed by atoms with Crippen LogP contribution in [0.15, 0.2) is 18.2 Å². The standard InChI is InChI=1S/C15H16F3NO4/c1-22-12-5-9(14(21)23-2)3-4-10(12)7-19-8-11(6-13(19)20)15(16,17)18/h3-5,11H,6-8H2,1-2H3. The van der Waals surface area contributed by atoms with Gasteiger partial charge in [-0.3, -0.25) is 4.79 Å². The summed E-state index contributed by atoms with van der Waals surface area (Å²) in [5, 5.41) is 0. The van der Waals surface area contributed by atoms with Crippen LogP contribution in [0.3, 0.4) is 0 Å². The lowest BCUT2D eigenvalue weighted by atomic mass is 10.1. The van der Waals surface area contributed by atoms with Gasteiger partial charge in [0.25, 0.3) is 0 Å². The third-order valence-electron chi connectivity index (χ3n) is 3.75. The van der Waals surface area contributed by atoms with Gasteiger partial charge in [-0.15, -0.1) is 0 Å². The van der Waals surface area contributed by atoms with Crippen molar-refractivity contribution in [2.75, 3.05) is 20.8 Å². The van der Waals surface area contributed by atoms with Gasteiger partial charge in [-0.05, 0) is 12.1 Å². The van der Waals surface area contributed by atoms with Crippen LogP contribution in [0.1, 0.15) is 22.3 Å². The molecular formula is C15H16F3NO4. The Bertz CT molecular complexity index is 615. The fourth-order valence-electron chi connectivity index (χ4n) is 2.47. The first kappa shape index (κ1) is 17.1.